The molecule has 0 atom stereocenters. The lowest BCUT2D eigenvalue weighted by Gasteiger charge is -2.12. The lowest BCUT2D eigenvalue weighted by molar-refractivity contribution is -0.116. The van der Waals surface area contributed by atoms with E-state index >= 15 is 0 Å². The second kappa shape index (κ2) is 8.37. The average Bonchev–Trinajstić information content (AvgIpc) is 3.18. The molecule has 2 heterocycles. The van der Waals surface area contributed by atoms with Crippen LogP contribution in [0.4, 0.5) is 11.4 Å². The number of pyridine rings is 1. The van der Waals surface area contributed by atoms with E-state index in [0.29, 0.717) is 16.4 Å². The maximum absolute atomic E-state index is 12.3. The van der Waals surface area contributed by atoms with Crippen LogP contribution in [0.25, 0.3) is 0 Å². The molecule has 3 aromatic rings. The summed E-state index contributed by atoms with van der Waals surface area (Å²) in [6, 6.07) is 12.6. The van der Waals surface area contributed by atoms with Crippen molar-refractivity contribution in [1.29, 1.82) is 0 Å². The fraction of sp³-hybridized carbons (Fsp3) is 0.105. The number of carbonyl (C=O) groups excluding carboxylic acids is 2. The van der Waals surface area contributed by atoms with Gasteiger partial charge >= 0.3 is 0 Å². The molecule has 138 valence electrons. The summed E-state index contributed by atoms with van der Waals surface area (Å²) >= 11 is 5.99. The minimum absolute atomic E-state index is 0.0954. The van der Waals surface area contributed by atoms with Crippen LogP contribution in [0.2, 0.25) is 5.02 Å². The summed E-state index contributed by atoms with van der Waals surface area (Å²) in [6.07, 6.45) is 3.10. The van der Waals surface area contributed by atoms with Crippen LogP contribution in [0, 0.1) is 0 Å². The average molecular weight is 386 g/mol. The van der Waals surface area contributed by atoms with E-state index in [1.807, 2.05) is 0 Å². The van der Waals surface area contributed by atoms with E-state index in [1.165, 1.54) is 29.0 Å². The number of benzene rings is 1. The molecule has 0 fully saturated rings. The molecule has 0 unspecified atom stereocenters. The van der Waals surface area contributed by atoms with Gasteiger partial charge in [-0.3, -0.25) is 14.4 Å². The van der Waals surface area contributed by atoms with Gasteiger partial charge in [0.25, 0.3) is 11.5 Å². The van der Waals surface area contributed by atoms with Crippen molar-refractivity contribution in [3.05, 3.63) is 82.1 Å². The fourth-order valence-electron chi connectivity index (χ4n) is 2.40. The van der Waals surface area contributed by atoms with E-state index in [4.69, 9.17) is 16.0 Å². The van der Waals surface area contributed by atoms with Gasteiger partial charge in [-0.15, -0.1) is 0 Å². The summed E-state index contributed by atoms with van der Waals surface area (Å²) in [6.45, 7) is 0.243. The molecule has 0 saturated carbocycles. The van der Waals surface area contributed by atoms with Gasteiger partial charge in [0.05, 0.1) is 17.6 Å². The number of aryl methyl sites for hydroxylation is 1. The molecule has 0 aliphatic heterocycles. The van der Waals surface area contributed by atoms with Gasteiger partial charge in [0.1, 0.15) is 0 Å². The largest absolute Gasteiger partial charge is 0.459 e. The third kappa shape index (κ3) is 4.86. The summed E-state index contributed by atoms with van der Waals surface area (Å²) in [7, 11) is 0. The number of halogens is 1. The van der Waals surface area contributed by atoms with Gasteiger partial charge in [0.2, 0.25) is 5.91 Å². The molecule has 0 spiro atoms. The molecule has 27 heavy (non-hydrogen) atoms. The SMILES string of the molecule is O=C(CCn1ccccc1=O)Nc1ccc(Cl)cc1NC(=O)c1ccco1. The molecular formula is C19H16ClN3O4. The summed E-state index contributed by atoms with van der Waals surface area (Å²) < 4.78 is 6.50. The summed E-state index contributed by atoms with van der Waals surface area (Å²) in [4.78, 5) is 36.1. The number of furan rings is 1. The highest BCUT2D eigenvalue weighted by atomic mass is 35.5. The van der Waals surface area contributed by atoms with Crippen molar-refractivity contribution < 1.29 is 14.0 Å². The number of carbonyl (C=O) groups is 2. The van der Waals surface area contributed by atoms with Crippen LogP contribution in [-0.2, 0) is 11.3 Å². The Balaban J connectivity index is 1.69. The van der Waals surface area contributed by atoms with Crippen LogP contribution in [0.15, 0.2) is 70.2 Å². The highest BCUT2D eigenvalue weighted by Crippen LogP contribution is 2.26. The third-order valence-corrected chi connectivity index (χ3v) is 3.96. The van der Waals surface area contributed by atoms with E-state index in [0.717, 1.165) is 0 Å². The zero-order valence-corrected chi connectivity index (χ0v) is 14.9. The monoisotopic (exact) mass is 385 g/mol. The van der Waals surface area contributed by atoms with Crippen LogP contribution in [0.1, 0.15) is 17.0 Å². The number of nitrogens with zero attached hydrogens (tertiary/aromatic N) is 1. The molecule has 2 amide bonds. The van der Waals surface area contributed by atoms with Crippen molar-refractivity contribution in [2.75, 3.05) is 10.6 Å². The molecule has 0 bridgehead atoms. The summed E-state index contributed by atoms with van der Waals surface area (Å²) in [5, 5.41) is 5.78. The van der Waals surface area contributed by atoms with Gasteiger partial charge in [-0.25, -0.2) is 0 Å². The van der Waals surface area contributed by atoms with Gasteiger partial charge in [0, 0.05) is 30.3 Å². The fourth-order valence-corrected chi connectivity index (χ4v) is 2.57. The first kappa shape index (κ1) is 18.5. The van der Waals surface area contributed by atoms with Crippen LogP contribution < -0.4 is 16.2 Å². The number of nitrogens with one attached hydrogen (secondary N) is 2. The molecule has 1 aromatic carbocycles. The molecule has 0 aliphatic rings. The van der Waals surface area contributed by atoms with E-state index in [-0.39, 0.29) is 30.2 Å². The number of aromatic nitrogens is 1. The smallest absolute Gasteiger partial charge is 0.291 e. The number of amides is 2. The Morgan fingerprint density at radius 1 is 1.04 bits per heavy atom. The Bertz CT molecular complexity index is 1010. The quantitative estimate of drug-likeness (QED) is 0.680. The highest BCUT2D eigenvalue weighted by Gasteiger charge is 2.14. The molecule has 8 heteroatoms. The van der Waals surface area contributed by atoms with Gasteiger partial charge in [0.15, 0.2) is 5.76 Å². The summed E-state index contributed by atoms with van der Waals surface area (Å²) in [5.41, 5.74) is 0.557. The second-order valence-corrected chi connectivity index (χ2v) is 6.09. The van der Waals surface area contributed by atoms with Gasteiger partial charge in [-0.05, 0) is 36.4 Å². The van der Waals surface area contributed by atoms with Gasteiger partial charge < -0.3 is 19.6 Å². The first-order valence-electron chi connectivity index (χ1n) is 8.12. The predicted octanol–water partition coefficient (Wildman–Crippen LogP) is 3.38. The second-order valence-electron chi connectivity index (χ2n) is 5.65. The number of hydrogen-bond acceptors (Lipinski definition) is 4. The first-order chi connectivity index (χ1) is 13.0. The molecule has 7 nitrogen and oxygen atoms in total. The maximum Gasteiger partial charge on any atom is 0.291 e. The lowest BCUT2D eigenvalue weighted by atomic mass is 10.2. The van der Waals surface area contributed by atoms with Crippen molar-refractivity contribution >= 4 is 34.8 Å². The Morgan fingerprint density at radius 2 is 1.89 bits per heavy atom. The van der Waals surface area contributed by atoms with Gasteiger partial charge in [-0.1, -0.05) is 17.7 Å². The highest BCUT2D eigenvalue weighted by molar-refractivity contribution is 6.31. The standard InChI is InChI=1S/C19H16ClN3O4/c20-13-6-7-14(15(12-13)22-19(26)16-4-3-11-27-16)21-17(24)8-10-23-9-2-1-5-18(23)25/h1-7,9,11-12H,8,10H2,(H,21,24)(H,22,26). The maximum atomic E-state index is 12.3. The lowest BCUT2D eigenvalue weighted by Crippen LogP contribution is -2.22. The van der Waals surface area contributed by atoms with E-state index in [9.17, 15) is 14.4 Å². The Morgan fingerprint density at radius 3 is 2.63 bits per heavy atom. The minimum atomic E-state index is -0.464. The zero-order chi connectivity index (χ0) is 19.2. The molecule has 2 aromatic heterocycles. The van der Waals surface area contributed by atoms with Crippen molar-refractivity contribution in [2.45, 2.75) is 13.0 Å². The van der Waals surface area contributed by atoms with E-state index < -0.39 is 5.91 Å². The molecule has 2 N–H and O–H groups in total. The van der Waals surface area contributed by atoms with Crippen LogP contribution in [-0.4, -0.2) is 16.4 Å². The topological polar surface area (TPSA) is 93.3 Å². The molecule has 0 saturated heterocycles. The Hall–Kier alpha value is -3.32. The van der Waals surface area contributed by atoms with Crippen molar-refractivity contribution in [1.82, 2.24) is 4.57 Å². The number of hydrogen-bond donors (Lipinski definition) is 2. The molecular weight excluding hydrogens is 370 g/mol. The van der Waals surface area contributed by atoms with Crippen LogP contribution in [0.5, 0.6) is 0 Å². The van der Waals surface area contributed by atoms with Gasteiger partial charge in [-0.2, -0.15) is 0 Å². The molecule has 3 rings (SSSR count). The van der Waals surface area contributed by atoms with Crippen molar-refractivity contribution in [3.63, 3.8) is 0 Å². The van der Waals surface area contributed by atoms with E-state index in [1.54, 1.807) is 36.5 Å². The third-order valence-electron chi connectivity index (χ3n) is 3.73. The van der Waals surface area contributed by atoms with Crippen molar-refractivity contribution in [2.24, 2.45) is 0 Å². The van der Waals surface area contributed by atoms with Crippen LogP contribution in [0.3, 0.4) is 0 Å². The first-order valence-corrected chi connectivity index (χ1v) is 8.50. The molecule has 0 aliphatic carbocycles. The zero-order valence-electron chi connectivity index (χ0n) is 14.1. The predicted molar refractivity (Wildman–Crippen MR) is 102 cm³/mol. The normalized spacial score (nSPS) is 10.4. The molecule has 0 radical (unpaired) electrons. The Labute approximate surface area is 159 Å². The number of anilines is 2. The minimum Gasteiger partial charge on any atom is -0.459 e. The van der Waals surface area contributed by atoms with Crippen molar-refractivity contribution in [3.8, 4) is 0 Å². The van der Waals surface area contributed by atoms with Crippen LogP contribution >= 0.6 is 11.6 Å². The van der Waals surface area contributed by atoms with E-state index in [2.05, 4.69) is 10.6 Å². The summed E-state index contributed by atoms with van der Waals surface area (Å²) in [5.74, 6) is -0.633. The Kier molecular flexibility index (Phi) is 5.73. The number of rotatable bonds is 6.